The molecular formula is C14H15N3O3S. The zero-order valence-corrected chi connectivity index (χ0v) is 11.9. The van der Waals surface area contributed by atoms with Crippen LogP contribution >= 0.6 is 11.3 Å². The number of rotatable bonds is 5. The quantitative estimate of drug-likeness (QED) is 0.660. The molecule has 2 amide bonds. The molecule has 2 rings (SSSR count). The van der Waals surface area contributed by atoms with Crippen LogP contribution in [0.2, 0.25) is 0 Å². The summed E-state index contributed by atoms with van der Waals surface area (Å²) in [6.45, 7) is 0. The highest BCUT2D eigenvalue weighted by Crippen LogP contribution is 2.23. The van der Waals surface area contributed by atoms with E-state index in [2.05, 4.69) is 5.32 Å². The first kappa shape index (κ1) is 15.0. The van der Waals surface area contributed by atoms with Crippen LogP contribution in [0.5, 0.6) is 5.75 Å². The highest BCUT2D eigenvalue weighted by Gasteiger charge is 2.18. The molecule has 1 aromatic heterocycles. The third kappa shape index (κ3) is 3.80. The number of carbonyl (C=O) groups excluding carboxylic acids is 2. The van der Waals surface area contributed by atoms with E-state index in [1.54, 1.807) is 23.6 Å². The SMILES string of the molecule is NC(=O)c1ccsc1NC(=O)C(N)Cc1ccc(O)cc1. The maximum Gasteiger partial charge on any atom is 0.251 e. The molecule has 0 bridgehead atoms. The molecule has 0 aliphatic rings. The van der Waals surface area contributed by atoms with E-state index in [1.807, 2.05) is 0 Å². The predicted octanol–water partition coefficient (Wildman–Crippen LogP) is 1.06. The Bertz CT molecular complexity index is 652. The number of nitrogens with two attached hydrogens (primary N) is 2. The smallest absolute Gasteiger partial charge is 0.251 e. The number of carbonyl (C=O) groups is 2. The lowest BCUT2D eigenvalue weighted by atomic mass is 10.1. The Morgan fingerprint density at radius 2 is 1.90 bits per heavy atom. The van der Waals surface area contributed by atoms with Gasteiger partial charge in [0, 0.05) is 0 Å². The number of benzene rings is 1. The molecule has 21 heavy (non-hydrogen) atoms. The van der Waals surface area contributed by atoms with Gasteiger partial charge >= 0.3 is 0 Å². The van der Waals surface area contributed by atoms with Gasteiger partial charge in [-0.25, -0.2) is 0 Å². The van der Waals surface area contributed by atoms with Crippen LogP contribution < -0.4 is 16.8 Å². The van der Waals surface area contributed by atoms with Gasteiger partial charge in [-0.15, -0.1) is 11.3 Å². The lowest BCUT2D eigenvalue weighted by Crippen LogP contribution is -2.37. The van der Waals surface area contributed by atoms with Crippen molar-refractivity contribution in [3.63, 3.8) is 0 Å². The van der Waals surface area contributed by atoms with Crippen LogP contribution in [-0.4, -0.2) is 23.0 Å². The number of phenols is 1. The molecule has 110 valence electrons. The summed E-state index contributed by atoms with van der Waals surface area (Å²) in [5.74, 6) is -0.840. The van der Waals surface area contributed by atoms with Gasteiger partial charge in [-0.2, -0.15) is 0 Å². The Morgan fingerprint density at radius 3 is 2.52 bits per heavy atom. The topological polar surface area (TPSA) is 118 Å². The normalized spacial score (nSPS) is 11.9. The van der Waals surface area contributed by atoms with Gasteiger partial charge in [0.05, 0.1) is 11.6 Å². The van der Waals surface area contributed by atoms with E-state index in [4.69, 9.17) is 11.5 Å². The first-order chi connectivity index (χ1) is 9.97. The summed E-state index contributed by atoms with van der Waals surface area (Å²) >= 11 is 1.21. The van der Waals surface area contributed by atoms with E-state index in [0.717, 1.165) is 5.56 Å². The van der Waals surface area contributed by atoms with Gasteiger partial charge in [0.25, 0.3) is 5.91 Å². The third-order valence-electron chi connectivity index (χ3n) is 2.90. The fourth-order valence-corrected chi connectivity index (χ4v) is 2.58. The number of aromatic hydroxyl groups is 1. The van der Waals surface area contributed by atoms with Gasteiger partial charge in [0.15, 0.2) is 0 Å². The molecule has 0 radical (unpaired) electrons. The minimum atomic E-state index is -0.766. The monoisotopic (exact) mass is 305 g/mol. The largest absolute Gasteiger partial charge is 0.508 e. The first-order valence-electron chi connectivity index (χ1n) is 6.19. The summed E-state index contributed by atoms with van der Waals surface area (Å²) in [7, 11) is 0. The van der Waals surface area contributed by atoms with Crippen molar-refractivity contribution in [3.8, 4) is 5.75 Å². The molecule has 1 heterocycles. The number of phenolic OH excluding ortho intramolecular Hbond substituents is 1. The first-order valence-corrected chi connectivity index (χ1v) is 7.07. The Kier molecular flexibility index (Phi) is 4.56. The van der Waals surface area contributed by atoms with E-state index >= 15 is 0 Å². The van der Waals surface area contributed by atoms with Crippen LogP contribution in [-0.2, 0) is 11.2 Å². The lowest BCUT2D eigenvalue weighted by molar-refractivity contribution is -0.117. The molecule has 1 unspecified atom stereocenters. The van der Waals surface area contributed by atoms with Crippen molar-refractivity contribution in [1.82, 2.24) is 0 Å². The van der Waals surface area contributed by atoms with E-state index in [9.17, 15) is 14.7 Å². The summed E-state index contributed by atoms with van der Waals surface area (Å²) < 4.78 is 0. The number of thiophene rings is 1. The highest BCUT2D eigenvalue weighted by molar-refractivity contribution is 7.14. The molecule has 0 spiro atoms. The van der Waals surface area contributed by atoms with Crippen LogP contribution in [0.15, 0.2) is 35.7 Å². The van der Waals surface area contributed by atoms with Crippen LogP contribution in [0.4, 0.5) is 5.00 Å². The summed E-state index contributed by atoms with van der Waals surface area (Å²) in [5.41, 5.74) is 12.2. The molecule has 0 fully saturated rings. The fraction of sp³-hybridized carbons (Fsp3) is 0.143. The van der Waals surface area contributed by atoms with E-state index in [-0.39, 0.29) is 11.3 Å². The third-order valence-corrected chi connectivity index (χ3v) is 3.73. The van der Waals surface area contributed by atoms with Crippen molar-refractivity contribution in [2.75, 3.05) is 5.32 Å². The predicted molar refractivity (Wildman–Crippen MR) is 81.3 cm³/mol. The Morgan fingerprint density at radius 1 is 1.24 bits per heavy atom. The zero-order valence-electron chi connectivity index (χ0n) is 11.1. The Hall–Kier alpha value is -2.38. The van der Waals surface area contributed by atoms with Gasteiger partial charge in [-0.05, 0) is 35.6 Å². The van der Waals surface area contributed by atoms with Crippen molar-refractivity contribution in [1.29, 1.82) is 0 Å². The molecular weight excluding hydrogens is 290 g/mol. The molecule has 6 nitrogen and oxygen atoms in total. The number of nitrogens with one attached hydrogen (secondary N) is 1. The van der Waals surface area contributed by atoms with Gasteiger partial charge < -0.3 is 21.9 Å². The minimum absolute atomic E-state index is 0.154. The summed E-state index contributed by atoms with van der Waals surface area (Å²) in [5, 5.41) is 13.9. The van der Waals surface area contributed by atoms with Crippen molar-refractivity contribution in [2.45, 2.75) is 12.5 Å². The molecule has 1 aromatic carbocycles. The molecule has 0 aliphatic carbocycles. The van der Waals surface area contributed by atoms with E-state index < -0.39 is 17.9 Å². The number of hydrogen-bond acceptors (Lipinski definition) is 5. The number of primary amides is 1. The highest BCUT2D eigenvalue weighted by atomic mass is 32.1. The van der Waals surface area contributed by atoms with Crippen molar-refractivity contribution < 1.29 is 14.7 Å². The molecule has 7 heteroatoms. The van der Waals surface area contributed by atoms with Crippen LogP contribution in [0.25, 0.3) is 0 Å². The van der Waals surface area contributed by atoms with Crippen molar-refractivity contribution in [2.24, 2.45) is 11.5 Å². The zero-order chi connectivity index (χ0) is 15.4. The summed E-state index contributed by atoms with van der Waals surface area (Å²) in [6, 6.07) is 7.24. The fourth-order valence-electron chi connectivity index (χ4n) is 1.78. The van der Waals surface area contributed by atoms with E-state index in [0.29, 0.717) is 11.4 Å². The number of anilines is 1. The Labute approximate surface area is 125 Å². The average molecular weight is 305 g/mol. The molecule has 0 saturated carbocycles. The average Bonchev–Trinajstić information content (AvgIpc) is 2.89. The van der Waals surface area contributed by atoms with Crippen molar-refractivity contribution >= 4 is 28.2 Å². The maximum absolute atomic E-state index is 12.0. The van der Waals surface area contributed by atoms with Gasteiger partial charge in [-0.1, -0.05) is 12.1 Å². The maximum atomic E-state index is 12.0. The van der Waals surface area contributed by atoms with Crippen LogP contribution in [0.3, 0.4) is 0 Å². The second-order valence-electron chi connectivity index (χ2n) is 4.49. The molecule has 1 atom stereocenters. The van der Waals surface area contributed by atoms with Gasteiger partial charge in [0.1, 0.15) is 10.8 Å². The second kappa shape index (κ2) is 6.38. The summed E-state index contributed by atoms with van der Waals surface area (Å²) in [6.07, 6.45) is 0.323. The van der Waals surface area contributed by atoms with Crippen LogP contribution in [0, 0.1) is 0 Å². The molecule has 0 aliphatic heterocycles. The molecule has 6 N–H and O–H groups in total. The summed E-state index contributed by atoms with van der Waals surface area (Å²) in [4.78, 5) is 23.2. The minimum Gasteiger partial charge on any atom is -0.508 e. The molecule has 2 aromatic rings. The molecule has 0 saturated heterocycles. The number of hydrogen-bond donors (Lipinski definition) is 4. The lowest BCUT2D eigenvalue weighted by Gasteiger charge is -2.12. The Balaban J connectivity index is 2.01. The van der Waals surface area contributed by atoms with Gasteiger partial charge in [0.2, 0.25) is 5.91 Å². The number of amides is 2. The second-order valence-corrected chi connectivity index (χ2v) is 5.41. The standard InChI is InChI=1S/C14H15N3O3S/c15-11(7-8-1-3-9(18)4-2-8)13(20)17-14-10(12(16)19)5-6-21-14/h1-6,11,18H,7,15H2,(H2,16,19)(H,17,20). The van der Waals surface area contributed by atoms with Gasteiger partial charge in [-0.3, -0.25) is 9.59 Å². The van der Waals surface area contributed by atoms with Crippen LogP contribution in [0.1, 0.15) is 15.9 Å². The van der Waals surface area contributed by atoms with E-state index in [1.165, 1.54) is 23.5 Å². The van der Waals surface area contributed by atoms with Crippen molar-refractivity contribution in [3.05, 3.63) is 46.8 Å².